The summed E-state index contributed by atoms with van der Waals surface area (Å²) in [7, 11) is 1.14. The van der Waals surface area contributed by atoms with Crippen molar-refractivity contribution in [3.05, 3.63) is 22.6 Å². The normalized spacial score (nSPS) is 28.3. The molecule has 2 aromatic rings. The molecule has 1 aliphatic heterocycles. The number of fused-ring (bicyclic) bond motifs is 1. The van der Waals surface area contributed by atoms with E-state index in [-0.39, 0.29) is 16.7 Å². The number of methoxy groups -OCH3 is 1. The van der Waals surface area contributed by atoms with Crippen LogP contribution in [0.15, 0.2) is 21.3 Å². The van der Waals surface area contributed by atoms with Gasteiger partial charge in [0.2, 0.25) is 23.5 Å². The van der Waals surface area contributed by atoms with E-state index >= 15 is 0 Å². The molecule has 148 valence electrons. The summed E-state index contributed by atoms with van der Waals surface area (Å²) >= 11 is 0. The predicted molar refractivity (Wildman–Crippen MR) is 86.8 cm³/mol. The van der Waals surface area contributed by atoms with Gasteiger partial charge in [-0.1, -0.05) is 0 Å². The largest absolute Gasteiger partial charge is 0.502 e. The van der Waals surface area contributed by atoms with Crippen molar-refractivity contribution in [3.8, 4) is 23.0 Å². The van der Waals surface area contributed by atoms with E-state index in [1.165, 1.54) is 6.07 Å². The van der Waals surface area contributed by atoms with E-state index in [2.05, 4.69) is 0 Å². The Labute approximate surface area is 151 Å². The van der Waals surface area contributed by atoms with E-state index in [0.717, 1.165) is 13.2 Å². The second-order valence-electron chi connectivity index (χ2n) is 5.87. The smallest absolute Gasteiger partial charge is 0.336 e. The van der Waals surface area contributed by atoms with Gasteiger partial charge in [0.15, 0.2) is 11.3 Å². The fourth-order valence-corrected chi connectivity index (χ4v) is 2.81. The molecule has 0 unspecified atom stereocenters. The zero-order valence-electron chi connectivity index (χ0n) is 14.0. The number of phenols is 2. The van der Waals surface area contributed by atoms with E-state index in [9.17, 15) is 35.4 Å². The fourth-order valence-electron chi connectivity index (χ4n) is 2.81. The topological polar surface area (TPSA) is 179 Å². The van der Waals surface area contributed by atoms with Crippen molar-refractivity contribution in [2.45, 2.75) is 30.7 Å². The summed E-state index contributed by atoms with van der Waals surface area (Å²) in [5, 5.41) is 59.4. The van der Waals surface area contributed by atoms with Gasteiger partial charge in [-0.25, -0.2) is 4.79 Å². The Morgan fingerprint density at radius 3 is 2.37 bits per heavy atom. The third-order valence-electron chi connectivity index (χ3n) is 4.22. The van der Waals surface area contributed by atoms with Gasteiger partial charge < -0.3 is 49.3 Å². The molecule has 5 atom stereocenters. The van der Waals surface area contributed by atoms with Crippen molar-refractivity contribution in [2.24, 2.45) is 0 Å². The van der Waals surface area contributed by atoms with E-state index < -0.39 is 60.2 Å². The van der Waals surface area contributed by atoms with Crippen LogP contribution in [0, 0.1) is 0 Å². The first kappa shape index (κ1) is 19.2. The second kappa shape index (κ2) is 7.21. The van der Waals surface area contributed by atoms with Crippen LogP contribution in [0.25, 0.3) is 11.0 Å². The van der Waals surface area contributed by atoms with Crippen LogP contribution in [0.2, 0.25) is 0 Å². The lowest BCUT2D eigenvalue weighted by atomic mass is 9.99. The molecule has 27 heavy (non-hydrogen) atoms. The molecular weight excluding hydrogens is 368 g/mol. The molecule has 0 spiro atoms. The van der Waals surface area contributed by atoms with Gasteiger partial charge in [0.05, 0.1) is 19.1 Å². The Morgan fingerprint density at radius 2 is 1.74 bits per heavy atom. The number of phenolic OH excluding ortho intramolecular Hbond substituents is 2. The van der Waals surface area contributed by atoms with Crippen molar-refractivity contribution in [1.82, 2.24) is 0 Å². The average Bonchev–Trinajstić information content (AvgIpc) is 2.65. The molecule has 1 aliphatic rings. The Bertz CT molecular complexity index is 890. The van der Waals surface area contributed by atoms with Gasteiger partial charge in [-0.2, -0.15) is 0 Å². The van der Waals surface area contributed by atoms with Gasteiger partial charge in [0.25, 0.3) is 0 Å². The molecular formula is C16H18O11. The molecule has 0 bridgehead atoms. The van der Waals surface area contributed by atoms with Crippen molar-refractivity contribution in [1.29, 1.82) is 0 Å². The van der Waals surface area contributed by atoms with Crippen LogP contribution in [0.3, 0.4) is 0 Å². The van der Waals surface area contributed by atoms with Crippen LogP contribution < -0.4 is 15.1 Å². The van der Waals surface area contributed by atoms with Gasteiger partial charge in [0.1, 0.15) is 24.4 Å². The number of ether oxygens (including phenoxy) is 3. The van der Waals surface area contributed by atoms with Crippen LogP contribution in [-0.2, 0) is 4.74 Å². The second-order valence-corrected chi connectivity index (χ2v) is 5.87. The third kappa shape index (κ3) is 3.15. The number of rotatable bonds is 4. The predicted octanol–water partition coefficient (Wildman–Crippen LogP) is -1.61. The number of aromatic hydroxyl groups is 2. The molecule has 11 heteroatoms. The van der Waals surface area contributed by atoms with Gasteiger partial charge >= 0.3 is 5.63 Å². The average molecular weight is 386 g/mol. The summed E-state index contributed by atoms with van der Waals surface area (Å²) < 4.78 is 20.5. The summed E-state index contributed by atoms with van der Waals surface area (Å²) in [6.07, 6.45) is -7.89. The minimum Gasteiger partial charge on any atom is -0.502 e. The van der Waals surface area contributed by atoms with Gasteiger partial charge in [-0.05, 0) is 6.07 Å². The fraction of sp³-hybridized carbons (Fsp3) is 0.438. The highest BCUT2D eigenvalue weighted by molar-refractivity contribution is 5.94. The van der Waals surface area contributed by atoms with Crippen LogP contribution >= 0.6 is 0 Å². The number of benzene rings is 1. The highest BCUT2D eigenvalue weighted by Gasteiger charge is 2.45. The van der Waals surface area contributed by atoms with Crippen LogP contribution in [0.4, 0.5) is 0 Å². The molecule has 1 aromatic heterocycles. The molecule has 0 aliphatic carbocycles. The van der Waals surface area contributed by atoms with Crippen LogP contribution in [0.5, 0.6) is 23.0 Å². The van der Waals surface area contributed by atoms with Crippen molar-refractivity contribution in [3.63, 3.8) is 0 Å². The number of hydrogen-bond acceptors (Lipinski definition) is 11. The maximum absolute atomic E-state index is 11.5. The molecule has 1 aromatic carbocycles. The molecule has 1 saturated heterocycles. The third-order valence-corrected chi connectivity index (χ3v) is 4.22. The lowest BCUT2D eigenvalue weighted by Gasteiger charge is -2.39. The molecule has 0 saturated carbocycles. The first-order chi connectivity index (χ1) is 12.8. The zero-order chi connectivity index (χ0) is 19.9. The molecule has 1 fully saturated rings. The first-order valence-electron chi connectivity index (χ1n) is 7.83. The Hall–Kier alpha value is -2.57. The Balaban J connectivity index is 2.10. The zero-order valence-corrected chi connectivity index (χ0v) is 14.0. The number of aliphatic hydroxyl groups is 4. The monoisotopic (exact) mass is 386 g/mol. The van der Waals surface area contributed by atoms with Crippen molar-refractivity contribution < 1.29 is 49.3 Å². The maximum atomic E-state index is 11.5. The molecule has 0 radical (unpaired) electrons. The van der Waals surface area contributed by atoms with Crippen molar-refractivity contribution >= 4 is 11.0 Å². The van der Waals surface area contributed by atoms with Crippen LogP contribution in [0.1, 0.15) is 0 Å². The minimum atomic E-state index is -1.74. The van der Waals surface area contributed by atoms with Gasteiger partial charge in [0, 0.05) is 6.07 Å². The first-order valence-corrected chi connectivity index (χ1v) is 7.83. The lowest BCUT2D eigenvalue weighted by molar-refractivity contribution is -0.277. The summed E-state index contributed by atoms with van der Waals surface area (Å²) in [5.74, 6) is -2.18. The highest BCUT2D eigenvalue weighted by atomic mass is 16.7. The molecule has 2 heterocycles. The van der Waals surface area contributed by atoms with Gasteiger partial charge in [-0.15, -0.1) is 0 Å². The van der Waals surface area contributed by atoms with Crippen molar-refractivity contribution in [2.75, 3.05) is 13.7 Å². The van der Waals surface area contributed by atoms with E-state index in [1.807, 2.05) is 0 Å². The standard InChI is InChI=1S/C16H18O11/c1-24-15-11(22)13-5(2-3-7(18)26-13)14(12(15)23)27-16-10(21)9(20)8(19)6(4-17)25-16/h2-3,6,8-10,16-17,19-23H,4H2,1H3/t6-,8-,9+,10-,16+/m1/s1. The van der Waals surface area contributed by atoms with E-state index in [4.69, 9.17) is 18.6 Å². The quantitative estimate of drug-likeness (QED) is 0.333. The molecule has 0 amide bonds. The number of aliphatic hydroxyl groups excluding tert-OH is 4. The minimum absolute atomic E-state index is 0.0534. The van der Waals surface area contributed by atoms with Crippen LogP contribution in [-0.4, -0.2) is 75.1 Å². The summed E-state index contributed by atoms with van der Waals surface area (Å²) in [4.78, 5) is 11.5. The summed E-state index contributed by atoms with van der Waals surface area (Å²) in [5.41, 5.74) is -1.14. The van der Waals surface area contributed by atoms with E-state index in [1.54, 1.807) is 0 Å². The Morgan fingerprint density at radius 1 is 1.04 bits per heavy atom. The summed E-state index contributed by atoms with van der Waals surface area (Å²) in [6.45, 7) is -0.675. The Kier molecular flexibility index (Phi) is 5.13. The molecule has 3 rings (SSSR count). The number of hydrogen-bond donors (Lipinski definition) is 6. The molecule has 11 nitrogen and oxygen atoms in total. The molecule has 6 N–H and O–H groups in total. The summed E-state index contributed by atoms with van der Waals surface area (Å²) in [6, 6.07) is 2.20. The van der Waals surface area contributed by atoms with E-state index in [0.29, 0.717) is 0 Å². The maximum Gasteiger partial charge on any atom is 0.336 e. The SMILES string of the molecule is COc1c(O)c(O[C@@H]2O[C@H](CO)[C@@H](O)[C@H](O)[C@H]2O)c2ccc(=O)oc2c1O. The highest BCUT2D eigenvalue weighted by Crippen LogP contribution is 2.50. The van der Waals surface area contributed by atoms with Gasteiger partial charge in [-0.3, -0.25) is 0 Å². The lowest BCUT2D eigenvalue weighted by Crippen LogP contribution is -2.60.